The standard InChI is InChI=1S/C16H17N7O/c1-12-4-8-23(22-12)15-9-14(20-11-21-15)18-6-7-19-16(24)13-3-2-5-17-10-13/h2-5,8-11H,6-7H2,1H3,(H,19,24)(H,18,20,21). The van der Waals surface area contributed by atoms with Gasteiger partial charge in [-0.2, -0.15) is 5.10 Å². The van der Waals surface area contributed by atoms with E-state index in [1.807, 2.05) is 19.2 Å². The van der Waals surface area contributed by atoms with Gasteiger partial charge in [0.25, 0.3) is 5.91 Å². The number of carbonyl (C=O) groups excluding carboxylic acids is 1. The fourth-order valence-corrected chi connectivity index (χ4v) is 2.08. The molecule has 0 aliphatic carbocycles. The first-order chi connectivity index (χ1) is 11.7. The van der Waals surface area contributed by atoms with Crippen LogP contribution >= 0.6 is 0 Å². The molecule has 2 N–H and O–H groups in total. The highest BCUT2D eigenvalue weighted by Gasteiger charge is 2.05. The van der Waals surface area contributed by atoms with Crippen molar-refractivity contribution < 1.29 is 4.79 Å². The SMILES string of the molecule is Cc1ccn(-c2cc(NCCNC(=O)c3cccnc3)ncn2)n1. The Bertz CT molecular complexity index is 816. The lowest BCUT2D eigenvalue weighted by Gasteiger charge is -2.08. The third kappa shape index (κ3) is 3.92. The Balaban J connectivity index is 1.51. The zero-order valence-electron chi connectivity index (χ0n) is 13.2. The van der Waals surface area contributed by atoms with Crippen molar-refractivity contribution in [3.05, 3.63) is 60.4 Å². The van der Waals surface area contributed by atoms with E-state index in [1.54, 1.807) is 29.1 Å². The van der Waals surface area contributed by atoms with Gasteiger partial charge in [-0.25, -0.2) is 14.6 Å². The molecule has 0 saturated heterocycles. The molecule has 0 unspecified atom stereocenters. The summed E-state index contributed by atoms with van der Waals surface area (Å²) in [6, 6.07) is 7.16. The van der Waals surface area contributed by atoms with Crippen LogP contribution in [0.15, 0.2) is 49.2 Å². The minimum absolute atomic E-state index is 0.153. The van der Waals surface area contributed by atoms with Crippen molar-refractivity contribution in [3.8, 4) is 5.82 Å². The number of carbonyl (C=O) groups is 1. The minimum atomic E-state index is -0.153. The van der Waals surface area contributed by atoms with Gasteiger partial charge in [-0.3, -0.25) is 9.78 Å². The molecule has 8 nitrogen and oxygen atoms in total. The van der Waals surface area contributed by atoms with Crippen molar-refractivity contribution >= 4 is 11.7 Å². The van der Waals surface area contributed by atoms with Crippen LogP contribution in [0, 0.1) is 6.92 Å². The molecule has 122 valence electrons. The molecule has 3 rings (SSSR count). The molecule has 24 heavy (non-hydrogen) atoms. The summed E-state index contributed by atoms with van der Waals surface area (Å²) in [5, 5.41) is 10.3. The zero-order valence-corrected chi connectivity index (χ0v) is 13.2. The van der Waals surface area contributed by atoms with E-state index in [0.717, 1.165) is 5.69 Å². The molecule has 0 fully saturated rings. The van der Waals surface area contributed by atoms with Crippen LogP contribution in [-0.2, 0) is 0 Å². The van der Waals surface area contributed by atoms with Gasteiger partial charge in [0, 0.05) is 37.7 Å². The lowest BCUT2D eigenvalue weighted by atomic mass is 10.3. The Morgan fingerprint density at radius 2 is 2.17 bits per heavy atom. The van der Waals surface area contributed by atoms with E-state index in [1.165, 1.54) is 12.5 Å². The summed E-state index contributed by atoms with van der Waals surface area (Å²) in [4.78, 5) is 24.2. The summed E-state index contributed by atoms with van der Waals surface area (Å²) >= 11 is 0. The summed E-state index contributed by atoms with van der Waals surface area (Å²) < 4.78 is 1.69. The molecule has 0 spiro atoms. The number of aryl methyl sites for hydroxylation is 1. The van der Waals surface area contributed by atoms with Gasteiger partial charge in [0.15, 0.2) is 5.82 Å². The number of anilines is 1. The topological polar surface area (TPSA) is 97.6 Å². The molecule has 3 heterocycles. The highest BCUT2D eigenvalue weighted by Crippen LogP contribution is 2.08. The van der Waals surface area contributed by atoms with Crippen LogP contribution in [0.1, 0.15) is 16.1 Å². The lowest BCUT2D eigenvalue weighted by Crippen LogP contribution is -2.29. The van der Waals surface area contributed by atoms with Gasteiger partial charge in [-0.05, 0) is 25.1 Å². The zero-order chi connectivity index (χ0) is 16.8. The molecule has 3 aromatic heterocycles. The van der Waals surface area contributed by atoms with E-state index in [0.29, 0.717) is 30.3 Å². The number of pyridine rings is 1. The smallest absolute Gasteiger partial charge is 0.252 e. The molecule has 0 atom stereocenters. The maximum absolute atomic E-state index is 11.9. The van der Waals surface area contributed by atoms with Crippen molar-refractivity contribution in [1.82, 2.24) is 30.0 Å². The number of aromatic nitrogens is 5. The Labute approximate surface area is 139 Å². The number of hydrogen-bond acceptors (Lipinski definition) is 6. The lowest BCUT2D eigenvalue weighted by molar-refractivity contribution is 0.0955. The molecule has 8 heteroatoms. The van der Waals surface area contributed by atoms with Crippen LogP contribution in [0.2, 0.25) is 0 Å². The van der Waals surface area contributed by atoms with E-state index < -0.39 is 0 Å². The Hall–Kier alpha value is -3.29. The van der Waals surface area contributed by atoms with Crippen LogP contribution in [0.3, 0.4) is 0 Å². The first-order valence-corrected chi connectivity index (χ1v) is 7.49. The van der Waals surface area contributed by atoms with Crippen molar-refractivity contribution in [1.29, 1.82) is 0 Å². The average Bonchev–Trinajstić information content (AvgIpc) is 3.06. The molecule has 0 aliphatic rings. The van der Waals surface area contributed by atoms with Crippen LogP contribution in [0.5, 0.6) is 0 Å². The molecular weight excluding hydrogens is 306 g/mol. The van der Waals surface area contributed by atoms with Crippen molar-refractivity contribution in [2.75, 3.05) is 18.4 Å². The Morgan fingerprint density at radius 1 is 1.25 bits per heavy atom. The number of nitrogens with one attached hydrogen (secondary N) is 2. The van der Waals surface area contributed by atoms with Gasteiger partial charge in [0.05, 0.1) is 11.3 Å². The van der Waals surface area contributed by atoms with E-state index in [2.05, 4.69) is 30.7 Å². The largest absolute Gasteiger partial charge is 0.368 e. The van der Waals surface area contributed by atoms with E-state index in [4.69, 9.17) is 0 Å². The molecule has 1 amide bonds. The molecule has 3 aromatic rings. The molecule has 0 saturated carbocycles. The Kier molecular flexibility index (Phi) is 4.76. The van der Waals surface area contributed by atoms with Crippen LogP contribution in [0.25, 0.3) is 5.82 Å². The van der Waals surface area contributed by atoms with Crippen LogP contribution in [0.4, 0.5) is 5.82 Å². The van der Waals surface area contributed by atoms with Crippen molar-refractivity contribution in [3.63, 3.8) is 0 Å². The highest BCUT2D eigenvalue weighted by atomic mass is 16.1. The quantitative estimate of drug-likeness (QED) is 0.662. The predicted octanol–water partition coefficient (Wildman–Crippen LogP) is 1.21. The molecule has 0 radical (unpaired) electrons. The van der Waals surface area contributed by atoms with E-state index >= 15 is 0 Å². The summed E-state index contributed by atoms with van der Waals surface area (Å²) in [6.45, 7) is 2.93. The first kappa shape index (κ1) is 15.6. The normalized spacial score (nSPS) is 10.4. The summed E-state index contributed by atoms with van der Waals surface area (Å²) in [5.74, 6) is 1.20. The van der Waals surface area contributed by atoms with E-state index in [-0.39, 0.29) is 5.91 Å². The monoisotopic (exact) mass is 323 g/mol. The van der Waals surface area contributed by atoms with Gasteiger partial charge < -0.3 is 10.6 Å². The van der Waals surface area contributed by atoms with Gasteiger partial charge in [-0.15, -0.1) is 0 Å². The summed E-state index contributed by atoms with van der Waals surface area (Å²) in [7, 11) is 0. The van der Waals surface area contributed by atoms with Crippen molar-refractivity contribution in [2.45, 2.75) is 6.92 Å². The summed E-state index contributed by atoms with van der Waals surface area (Å²) in [6.07, 6.45) is 6.48. The second-order valence-corrected chi connectivity index (χ2v) is 5.09. The van der Waals surface area contributed by atoms with Gasteiger partial charge in [0.1, 0.15) is 12.1 Å². The number of hydrogen-bond donors (Lipinski definition) is 2. The maximum Gasteiger partial charge on any atom is 0.252 e. The predicted molar refractivity (Wildman–Crippen MR) is 89.0 cm³/mol. The van der Waals surface area contributed by atoms with Crippen molar-refractivity contribution in [2.24, 2.45) is 0 Å². The van der Waals surface area contributed by atoms with Gasteiger partial charge >= 0.3 is 0 Å². The highest BCUT2D eigenvalue weighted by molar-refractivity contribution is 5.93. The fourth-order valence-electron chi connectivity index (χ4n) is 2.08. The summed E-state index contributed by atoms with van der Waals surface area (Å²) in [5.41, 5.74) is 1.46. The van der Waals surface area contributed by atoms with Gasteiger partial charge in [0.2, 0.25) is 0 Å². The Morgan fingerprint density at radius 3 is 2.92 bits per heavy atom. The minimum Gasteiger partial charge on any atom is -0.368 e. The fraction of sp³-hybridized carbons (Fsp3) is 0.188. The second-order valence-electron chi connectivity index (χ2n) is 5.09. The maximum atomic E-state index is 11.9. The third-order valence-electron chi connectivity index (χ3n) is 3.25. The number of amides is 1. The third-order valence-corrected chi connectivity index (χ3v) is 3.25. The molecular formula is C16H17N7O. The van der Waals surface area contributed by atoms with Gasteiger partial charge in [-0.1, -0.05) is 0 Å². The second kappa shape index (κ2) is 7.32. The molecule has 0 aliphatic heterocycles. The molecule has 0 bridgehead atoms. The molecule has 0 aromatic carbocycles. The first-order valence-electron chi connectivity index (χ1n) is 7.49. The average molecular weight is 323 g/mol. The number of nitrogens with zero attached hydrogens (tertiary/aromatic N) is 5. The number of rotatable bonds is 6. The van der Waals surface area contributed by atoms with Crippen LogP contribution < -0.4 is 10.6 Å². The van der Waals surface area contributed by atoms with E-state index in [9.17, 15) is 4.79 Å². The van der Waals surface area contributed by atoms with Crippen LogP contribution in [-0.4, -0.2) is 43.7 Å².